The van der Waals surface area contributed by atoms with Crippen molar-refractivity contribution in [2.45, 2.75) is 77.0 Å². The van der Waals surface area contributed by atoms with E-state index in [4.69, 9.17) is 0 Å². The molecule has 0 heterocycles. The lowest BCUT2D eigenvalue weighted by atomic mass is 9.52. The molecule has 0 aliphatic heterocycles. The third-order valence-corrected chi connectivity index (χ3v) is 8.24. The van der Waals surface area contributed by atoms with E-state index in [1.165, 1.54) is 64.2 Å². The molecule has 0 bridgehead atoms. The number of rotatable bonds is 0. The van der Waals surface area contributed by atoms with E-state index in [1.54, 1.807) is 11.1 Å². The Balaban J connectivity index is 1.45. The Labute approximate surface area is 134 Å². The monoisotopic (exact) mass is 298 g/mol. The van der Waals surface area contributed by atoms with Gasteiger partial charge in [0.05, 0.1) is 0 Å². The Bertz CT molecular complexity index is 516. The van der Waals surface area contributed by atoms with Crippen molar-refractivity contribution in [1.29, 1.82) is 0 Å². The van der Waals surface area contributed by atoms with Gasteiger partial charge in [-0.1, -0.05) is 30.4 Å². The second-order valence-corrected chi connectivity index (χ2v) is 9.00. The zero-order chi connectivity index (χ0) is 14.7. The van der Waals surface area contributed by atoms with Crippen LogP contribution in [0.15, 0.2) is 11.1 Å². The van der Waals surface area contributed by atoms with Crippen LogP contribution in [0.4, 0.5) is 0 Å². The van der Waals surface area contributed by atoms with Crippen LogP contribution in [0.3, 0.4) is 0 Å². The normalized spacial score (nSPS) is 47.5. The number of hydrogen-bond donors (Lipinski definition) is 0. The molecule has 1 heteroatoms. The average Bonchev–Trinajstić information content (AvgIpc) is 2.94. The van der Waals surface area contributed by atoms with Gasteiger partial charge in [-0.25, -0.2) is 0 Å². The maximum absolute atomic E-state index is 11.9. The van der Waals surface area contributed by atoms with Gasteiger partial charge in [0, 0.05) is 12.8 Å². The summed E-state index contributed by atoms with van der Waals surface area (Å²) in [5.41, 5.74) is 3.45. The highest BCUT2D eigenvalue weighted by Crippen LogP contribution is 2.58. The predicted molar refractivity (Wildman–Crippen MR) is 88.4 cm³/mol. The number of fused-ring (bicyclic) bond motifs is 6. The molecule has 120 valence electrons. The zero-order valence-corrected chi connectivity index (χ0v) is 13.9. The van der Waals surface area contributed by atoms with Gasteiger partial charge in [-0.05, 0) is 80.5 Å². The summed E-state index contributed by atoms with van der Waals surface area (Å²) < 4.78 is 0. The van der Waals surface area contributed by atoms with Crippen LogP contribution in [-0.4, -0.2) is 5.78 Å². The van der Waals surface area contributed by atoms with Crippen molar-refractivity contribution >= 4 is 5.78 Å². The van der Waals surface area contributed by atoms with Gasteiger partial charge in [0.25, 0.3) is 0 Å². The van der Waals surface area contributed by atoms with E-state index >= 15 is 0 Å². The van der Waals surface area contributed by atoms with Crippen molar-refractivity contribution in [1.82, 2.24) is 0 Å². The van der Waals surface area contributed by atoms with Gasteiger partial charge >= 0.3 is 0 Å². The number of Topliss-reactive ketones (excluding diaryl/α,β-unsaturated/α-hetero) is 1. The standard InChI is InChI=1S/C21H30O/c22-15-11-14-6-8-19-18-7-5-13-3-1-2-4-16(13)17(18)9-10-20(19)21(14)12-15/h13-14,16-19H,1-12H2. The lowest BCUT2D eigenvalue weighted by Crippen LogP contribution is -2.43. The molecule has 5 aliphatic carbocycles. The third kappa shape index (κ3) is 2.00. The van der Waals surface area contributed by atoms with Gasteiger partial charge in [0.2, 0.25) is 0 Å². The molecule has 0 N–H and O–H groups in total. The van der Waals surface area contributed by atoms with E-state index in [0.717, 1.165) is 42.4 Å². The summed E-state index contributed by atoms with van der Waals surface area (Å²) in [6.07, 6.45) is 16.4. The van der Waals surface area contributed by atoms with E-state index in [1.807, 2.05) is 0 Å². The van der Waals surface area contributed by atoms with E-state index < -0.39 is 0 Å². The predicted octanol–water partition coefficient (Wildman–Crippen LogP) is 5.30. The lowest BCUT2D eigenvalue weighted by Gasteiger charge is -2.53. The van der Waals surface area contributed by atoms with Crippen molar-refractivity contribution in [2.24, 2.45) is 35.5 Å². The summed E-state index contributed by atoms with van der Waals surface area (Å²) in [6.45, 7) is 0. The van der Waals surface area contributed by atoms with Crippen LogP contribution in [0.5, 0.6) is 0 Å². The SMILES string of the molecule is O=C1CC2=C3CCC4C5CCCCC5CCC4C3CCC2C1. The fourth-order valence-electron chi connectivity index (χ4n) is 7.44. The summed E-state index contributed by atoms with van der Waals surface area (Å²) in [5, 5.41) is 0. The summed E-state index contributed by atoms with van der Waals surface area (Å²) in [4.78, 5) is 11.9. The van der Waals surface area contributed by atoms with Gasteiger partial charge in [0.1, 0.15) is 5.78 Å². The van der Waals surface area contributed by atoms with Crippen LogP contribution in [0.25, 0.3) is 0 Å². The number of hydrogen-bond acceptors (Lipinski definition) is 1. The van der Waals surface area contributed by atoms with E-state index in [-0.39, 0.29) is 0 Å². The maximum atomic E-state index is 11.9. The highest BCUT2D eigenvalue weighted by Gasteiger charge is 2.48. The third-order valence-electron chi connectivity index (χ3n) is 8.24. The molecule has 0 saturated heterocycles. The van der Waals surface area contributed by atoms with E-state index in [0.29, 0.717) is 11.7 Å². The van der Waals surface area contributed by atoms with Crippen LogP contribution < -0.4 is 0 Å². The Kier molecular flexibility index (Phi) is 3.27. The smallest absolute Gasteiger partial charge is 0.137 e. The molecule has 0 aromatic rings. The fourth-order valence-corrected chi connectivity index (χ4v) is 7.44. The van der Waals surface area contributed by atoms with Crippen molar-refractivity contribution in [2.75, 3.05) is 0 Å². The molecule has 1 nitrogen and oxygen atoms in total. The number of carbonyl (C=O) groups is 1. The van der Waals surface area contributed by atoms with Crippen molar-refractivity contribution in [3.8, 4) is 0 Å². The van der Waals surface area contributed by atoms with Crippen LogP contribution in [0, 0.1) is 35.5 Å². The quantitative estimate of drug-likeness (QED) is 0.555. The topological polar surface area (TPSA) is 17.1 Å². The highest BCUT2D eigenvalue weighted by molar-refractivity contribution is 5.85. The number of ketones is 1. The molecule has 4 fully saturated rings. The Morgan fingerprint density at radius 2 is 1.64 bits per heavy atom. The first-order chi connectivity index (χ1) is 10.8. The van der Waals surface area contributed by atoms with Crippen LogP contribution in [-0.2, 0) is 4.79 Å². The highest BCUT2D eigenvalue weighted by atomic mass is 16.1. The Morgan fingerprint density at radius 3 is 2.59 bits per heavy atom. The van der Waals surface area contributed by atoms with E-state index in [9.17, 15) is 4.79 Å². The van der Waals surface area contributed by atoms with Crippen molar-refractivity contribution < 1.29 is 4.79 Å². The average molecular weight is 298 g/mol. The molecule has 5 aliphatic rings. The van der Waals surface area contributed by atoms with Crippen molar-refractivity contribution in [3.63, 3.8) is 0 Å². The van der Waals surface area contributed by atoms with Gasteiger partial charge in [-0.15, -0.1) is 0 Å². The molecule has 22 heavy (non-hydrogen) atoms. The largest absolute Gasteiger partial charge is 0.299 e. The lowest BCUT2D eigenvalue weighted by molar-refractivity contribution is -0.117. The summed E-state index contributed by atoms with van der Waals surface area (Å²) >= 11 is 0. The Morgan fingerprint density at radius 1 is 0.727 bits per heavy atom. The van der Waals surface area contributed by atoms with Crippen LogP contribution >= 0.6 is 0 Å². The molecule has 6 unspecified atom stereocenters. The molecule has 0 spiro atoms. The molecule has 0 amide bonds. The molecule has 5 rings (SSSR count). The first-order valence-electron chi connectivity index (χ1n) is 10.0. The van der Waals surface area contributed by atoms with Crippen molar-refractivity contribution in [3.05, 3.63) is 11.1 Å². The van der Waals surface area contributed by atoms with Crippen LogP contribution in [0.2, 0.25) is 0 Å². The van der Waals surface area contributed by atoms with Crippen LogP contribution in [0.1, 0.15) is 77.0 Å². The zero-order valence-electron chi connectivity index (χ0n) is 13.9. The molecule has 0 aromatic carbocycles. The fraction of sp³-hybridized carbons (Fsp3) is 0.857. The molecule has 4 saturated carbocycles. The minimum Gasteiger partial charge on any atom is -0.299 e. The summed E-state index contributed by atoms with van der Waals surface area (Å²) in [7, 11) is 0. The van der Waals surface area contributed by atoms with Gasteiger partial charge < -0.3 is 0 Å². The molecule has 0 aromatic heterocycles. The second-order valence-electron chi connectivity index (χ2n) is 9.00. The summed E-state index contributed by atoms with van der Waals surface area (Å²) in [6, 6.07) is 0. The summed E-state index contributed by atoms with van der Waals surface area (Å²) in [5.74, 6) is 6.27. The maximum Gasteiger partial charge on any atom is 0.137 e. The minimum atomic E-state index is 0.534. The minimum absolute atomic E-state index is 0.534. The Hall–Kier alpha value is -0.590. The van der Waals surface area contributed by atoms with Gasteiger partial charge in [-0.3, -0.25) is 4.79 Å². The first-order valence-corrected chi connectivity index (χ1v) is 10.0. The molecule has 0 radical (unpaired) electrons. The van der Waals surface area contributed by atoms with Gasteiger partial charge in [0.15, 0.2) is 0 Å². The van der Waals surface area contributed by atoms with E-state index in [2.05, 4.69) is 0 Å². The number of carbonyl (C=O) groups excluding carboxylic acids is 1. The molecule has 6 atom stereocenters. The second kappa shape index (κ2) is 5.21. The molecular weight excluding hydrogens is 268 g/mol. The first kappa shape index (κ1) is 13.8. The van der Waals surface area contributed by atoms with Gasteiger partial charge in [-0.2, -0.15) is 0 Å². The molecular formula is C21H30O. The number of allylic oxidation sites excluding steroid dienone is 2.